The molecule has 25 heavy (non-hydrogen) atoms. The standard InChI is InChI=1S/C19H18FN3O2/c1-14(24)23(18-5-3-2-4-16(18)13-21)11-10-22-19(25)12-15-6-8-17(20)9-7-15/h2-9H,10-12H2,1H3,(H,22,25). The Morgan fingerprint density at radius 1 is 1.16 bits per heavy atom. The Kier molecular flexibility index (Phi) is 6.24. The van der Waals surface area contributed by atoms with E-state index in [0.29, 0.717) is 16.8 Å². The predicted octanol–water partition coefficient (Wildman–Crippen LogP) is 2.41. The van der Waals surface area contributed by atoms with Crippen molar-refractivity contribution in [3.8, 4) is 6.07 Å². The zero-order chi connectivity index (χ0) is 18.2. The Labute approximate surface area is 145 Å². The van der Waals surface area contributed by atoms with Gasteiger partial charge in [0.2, 0.25) is 11.8 Å². The van der Waals surface area contributed by atoms with Crippen LogP contribution in [0.5, 0.6) is 0 Å². The van der Waals surface area contributed by atoms with E-state index in [1.165, 1.54) is 24.0 Å². The van der Waals surface area contributed by atoms with Crippen LogP contribution in [-0.4, -0.2) is 24.9 Å². The number of nitrogens with one attached hydrogen (secondary N) is 1. The molecule has 0 aliphatic carbocycles. The number of hydrogen-bond donors (Lipinski definition) is 1. The molecular formula is C19H18FN3O2. The molecule has 0 aliphatic heterocycles. The molecule has 0 unspecified atom stereocenters. The maximum Gasteiger partial charge on any atom is 0.224 e. The van der Waals surface area contributed by atoms with Crippen molar-refractivity contribution in [2.75, 3.05) is 18.0 Å². The van der Waals surface area contributed by atoms with E-state index in [1.54, 1.807) is 36.4 Å². The lowest BCUT2D eigenvalue weighted by molar-refractivity contribution is -0.121. The van der Waals surface area contributed by atoms with Crippen molar-refractivity contribution in [2.45, 2.75) is 13.3 Å². The molecule has 0 bridgehead atoms. The Balaban J connectivity index is 1.93. The molecule has 0 fully saturated rings. The Bertz CT molecular complexity index is 797. The molecule has 0 spiro atoms. The van der Waals surface area contributed by atoms with Crippen LogP contribution in [0.4, 0.5) is 10.1 Å². The van der Waals surface area contributed by atoms with Gasteiger partial charge in [0.1, 0.15) is 11.9 Å². The maximum absolute atomic E-state index is 12.9. The summed E-state index contributed by atoms with van der Waals surface area (Å²) < 4.78 is 12.9. The molecule has 2 amide bonds. The van der Waals surface area contributed by atoms with Crippen LogP contribution in [0.15, 0.2) is 48.5 Å². The summed E-state index contributed by atoms with van der Waals surface area (Å²) in [4.78, 5) is 25.3. The van der Waals surface area contributed by atoms with Crippen LogP contribution in [0.1, 0.15) is 18.1 Å². The Morgan fingerprint density at radius 3 is 2.48 bits per heavy atom. The second-order valence-electron chi connectivity index (χ2n) is 5.45. The first kappa shape index (κ1) is 18.1. The molecule has 0 aliphatic rings. The molecule has 0 atom stereocenters. The fourth-order valence-corrected chi connectivity index (χ4v) is 2.41. The van der Waals surface area contributed by atoms with Crippen LogP contribution in [0.2, 0.25) is 0 Å². The molecular weight excluding hydrogens is 321 g/mol. The highest BCUT2D eigenvalue weighted by atomic mass is 19.1. The molecule has 2 rings (SSSR count). The minimum Gasteiger partial charge on any atom is -0.354 e. The van der Waals surface area contributed by atoms with Crippen LogP contribution in [-0.2, 0) is 16.0 Å². The van der Waals surface area contributed by atoms with Crippen molar-refractivity contribution >= 4 is 17.5 Å². The van der Waals surface area contributed by atoms with Gasteiger partial charge in [0.15, 0.2) is 0 Å². The topological polar surface area (TPSA) is 73.2 Å². The van der Waals surface area contributed by atoms with Gasteiger partial charge in [-0.15, -0.1) is 0 Å². The van der Waals surface area contributed by atoms with Crippen molar-refractivity contribution in [3.63, 3.8) is 0 Å². The summed E-state index contributed by atoms with van der Waals surface area (Å²) in [7, 11) is 0. The van der Waals surface area contributed by atoms with E-state index in [2.05, 4.69) is 11.4 Å². The van der Waals surface area contributed by atoms with Gasteiger partial charge in [0.25, 0.3) is 0 Å². The highest BCUT2D eigenvalue weighted by molar-refractivity contribution is 5.93. The molecule has 2 aromatic carbocycles. The van der Waals surface area contributed by atoms with Crippen molar-refractivity contribution in [2.24, 2.45) is 0 Å². The molecule has 0 radical (unpaired) electrons. The van der Waals surface area contributed by atoms with Gasteiger partial charge < -0.3 is 10.2 Å². The summed E-state index contributed by atoms with van der Waals surface area (Å²) >= 11 is 0. The number of nitriles is 1. The normalized spacial score (nSPS) is 9.96. The fraction of sp³-hybridized carbons (Fsp3) is 0.211. The summed E-state index contributed by atoms with van der Waals surface area (Å²) in [5.74, 6) is -0.781. The second kappa shape index (κ2) is 8.60. The van der Waals surface area contributed by atoms with Gasteiger partial charge in [0.05, 0.1) is 17.7 Å². The average Bonchev–Trinajstić information content (AvgIpc) is 2.60. The van der Waals surface area contributed by atoms with E-state index in [1.807, 2.05) is 0 Å². The minimum atomic E-state index is -0.350. The molecule has 2 aromatic rings. The number of hydrogen-bond acceptors (Lipinski definition) is 3. The summed E-state index contributed by atoms with van der Waals surface area (Å²) in [5, 5.41) is 11.9. The minimum absolute atomic E-state index is 0.134. The van der Waals surface area contributed by atoms with Gasteiger partial charge >= 0.3 is 0 Å². The van der Waals surface area contributed by atoms with E-state index < -0.39 is 0 Å². The second-order valence-corrected chi connectivity index (χ2v) is 5.45. The molecule has 0 saturated heterocycles. The van der Waals surface area contributed by atoms with E-state index in [9.17, 15) is 14.0 Å². The van der Waals surface area contributed by atoms with Crippen molar-refractivity contribution in [3.05, 3.63) is 65.5 Å². The lowest BCUT2D eigenvalue weighted by atomic mass is 10.1. The number of benzene rings is 2. The molecule has 128 valence electrons. The maximum atomic E-state index is 12.9. The lowest BCUT2D eigenvalue weighted by Gasteiger charge is -2.22. The van der Waals surface area contributed by atoms with Crippen LogP contribution >= 0.6 is 0 Å². The van der Waals surface area contributed by atoms with Gasteiger partial charge in [-0.2, -0.15) is 5.26 Å². The van der Waals surface area contributed by atoms with Gasteiger partial charge in [-0.05, 0) is 29.8 Å². The number of rotatable bonds is 6. The monoisotopic (exact) mass is 339 g/mol. The lowest BCUT2D eigenvalue weighted by Crippen LogP contribution is -2.38. The fourth-order valence-electron chi connectivity index (χ4n) is 2.41. The van der Waals surface area contributed by atoms with Gasteiger partial charge in [0, 0.05) is 20.0 Å². The first-order chi connectivity index (χ1) is 12.0. The van der Waals surface area contributed by atoms with Crippen LogP contribution in [0.3, 0.4) is 0 Å². The predicted molar refractivity (Wildman–Crippen MR) is 92.3 cm³/mol. The Morgan fingerprint density at radius 2 is 1.84 bits per heavy atom. The molecule has 0 heterocycles. The Hall–Kier alpha value is -3.20. The van der Waals surface area contributed by atoms with Gasteiger partial charge in [-0.3, -0.25) is 9.59 Å². The summed E-state index contributed by atoms with van der Waals surface area (Å²) in [6.45, 7) is 1.91. The van der Waals surface area contributed by atoms with Crippen LogP contribution < -0.4 is 10.2 Å². The molecule has 5 nitrogen and oxygen atoms in total. The third kappa shape index (κ3) is 5.15. The SMILES string of the molecule is CC(=O)N(CCNC(=O)Cc1ccc(F)cc1)c1ccccc1C#N. The highest BCUT2D eigenvalue weighted by Gasteiger charge is 2.15. The first-order valence-corrected chi connectivity index (χ1v) is 7.79. The third-order valence-electron chi connectivity index (χ3n) is 3.63. The first-order valence-electron chi connectivity index (χ1n) is 7.79. The number of carbonyl (C=O) groups excluding carboxylic acids is 2. The third-order valence-corrected chi connectivity index (χ3v) is 3.63. The highest BCUT2D eigenvalue weighted by Crippen LogP contribution is 2.19. The number of nitrogens with zero attached hydrogens (tertiary/aromatic N) is 2. The molecule has 1 N–H and O–H groups in total. The van der Waals surface area contributed by atoms with Crippen LogP contribution in [0.25, 0.3) is 0 Å². The number of carbonyl (C=O) groups is 2. The number of halogens is 1. The van der Waals surface area contributed by atoms with Crippen molar-refractivity contribution in [1.82, 2.24) is 5.32 Å². The van der Waals surface area contributed by atoms with Gasteiger partial charge in [-0.25, -0.2) is 4.39 Å². The van der Waals surface area contributed by atoms with E-state index in [0.717, 1.165) is 0 Å². The van der Waals surface area contributed by atoms with E-state index in [-0.39, 0.29) is 37.1 Å². The molecule has 0 saturated carbocycles. The zero-order valence-corrected chi connectivity index (χ0v) is 13.8. The van der Waals surface area contributed by atoms with E-state index >= 15 is 0 Å². The number of para-hydroxylation sites is 1. The summed E-state index contributed by atoms with van der Waals surface area (Å²) in [5.41, 5.74) is 1.62. The van der Waals surface area contributed by atoms with Crippen LogP contribution in [0, 0.1) is 17.1 Å². The summed E-state index contributed by atoms with van der Waals surface area (Å²) in [6, 6.07) is 14.6. The smallest absolute Gasteiger partial charge is 0.224 e. The van der Waals surface area contributed by atoms with Gasteiger partial charge in [-0.1, -0.05) is 24.3 Å². The van der Waals surface area contributed by atoms with Crippen molar-refractivity contribution < 1.29 is 14.0 Å². The summed E-state index contributed by atoms with van der Waals surface area (Å²) in [6.07, 6.45) is 0.134. The molecule has 6 heteroatoms. The van der Waals surface area contributed by atoms with E-state index in [4.69, 9.17) is 5.26 Å². The van der Waals surface area contributed by atoms with Crippen molar-refractivity contribution in [1.29, 1.82) is 5.26 Å². The molecule has 0 aromatic heterocycles. The average molecular weight is 339 g/mol. The number of amides is 2. The number of anilines is 1. The quantitative estimate of drug-likeness (QED) is 0.878. The zero-order valence-electron chi connectivity index (χ0n) is 13.8. The largest absolute Gasteiger partial charge is 0.354 e.